The molecular formula is C34H25NS. The van der Waals surface area contributed by atoms with E-state index in [0.29, 0.717) is 0 Å². The monoisotopic (exact) mass is 479 g/mol. The number of fused-ring (bicyclic) bond motifs is 5. The third kappa shape index (κ3) is 3.14. The van der Waals surface area contributed by atoms with Gasteiger partial charge in [0.1, 0.15) is 0 Å². The molecule has 6 aromatic rings. The third-order valence-electron chi connectivity index (χ3n) is 7.57. The lowest BCUT2D eigenvalue weighted by Crippen LogP contribution is -2.14. The maximum Gasteiger partial charge on any atom is 0.0798 e. The second-order valence-corrected chi connectivity index (χ2v) is 11.1. The van der Waals surface area contributed by atoms with Crippen molar-refractivity contribution < 1.29 is 0 Å². The van der Waals surface area contributed by atoms with Gasteiger partial charge < -0.3 is 0 Å². The van der Waals surface area contributed by atoms with Gasteiger partial charge in [0.05, 0.1) is 5.52 Å². The van der Waals surface area contributed by atoms with Crippen LogP contribution in [0.2, 0.25) is 0 Å². The van der Waals surface area contributed by atoms with E-state index in [4.69, 9.17) is 4.98 Å². The summed E-state index contributed by atoms with van der Waals surface area (Å²) in [5.41, 5.74) is 8.99. The van der Waals surface area contributed by atoms with Crippen LogP contribution in [0.5, 0.6) is 0 Å². The molecule has 1 aromatic heterocycles. The van der Waals surface area contributed by atoms with E-state index in [1.54, 1.807) is 0 Å². The van der Waals surface area contributed by atoms with E-state index in [2.05, 4.69) is 123 Å². The summed E-state index contributed by atoms with van der Waals surface area (Å²) in [5, 5.41) is 3.71. The van der Waals surface area contributed by atoms with Gasteiger partial charge in [0.2, 0.25) is 0 Å². The molecule has 0 saturated carbocycles. The van der Waals surface area contributed by atoms with Crippen molar-refractivity contribution in [3.63, 3.8) is 0 Å². The molecule has 1 aliphatic carbocycles. The van der Waals surface area contributed by atoms with E-state index >= 15 is 0 Å². The predicted molar refractivity (Wildman–Crippen MR) is 153 cm³/mol. The van der Waals surface area contributed by atoms with Gasteiger partial charge >= 0.3 is 0 Å². The molecule has 36 heavy (non-hydrogen) atoms. The molecule has 1 heterocycles. The summed E-state index contributed by atoms with van der Waals surface area (Å²) in [6.07, 6.45) is 1.91. The minimum atomic E-state index is -0.00858. The van der Waals surface area contributed by atoms with E-state index in [-0.39, 0.29) is 5.41 Å². The Labute approximate surface area is 215 Å². The van der Waals surface area contributed by atoms with Crippen LogP contribution < -0.4 is 0 Å². The van der Waals surface area contributed by atoms with Crippen LogP contribution in [-0.2, 0) is 5.41 Å². The molecule has 0 amide bonds. The highest BCUT2D eigenvalue weighted by molar-refractivity contribution is 7.99. The van der Waals surface area contributed by atoms with Crippen molar-refractivity contribution in [3.8, 4) is 22.3 Å². The first kappa shape index (κ1) is 21.4. The summed E-state index contributed by atoms with van der Waals surface area (Å²) in [7, 11) is 0. The molecule has 0 bridgehead atoms. The molecule has 1 nitrogen and oxygen atoms in total. The molecule has 0 fully saturated rings. The van der Waals surface area contributed by atoms with Crippen LogP contribution in [0, 0.1) is 0 Å². The zero-order chi connectivity index (χ0) is 24.3. The highest BCUT2D eigenvalue weighted by atomic mass is 32.2. The second-order valence-electron chi connectivity index (χ2n) is 10.00. The molecule has 0 saturated heterocycles. The summed E-state index contributed by atoms with van der Waals surface area (Å²) < 4.78 is 0. The van der Waals surface area contributed by atoms with Crippen LogP contribution in [0.15, 0.2) is 125 Å². The number of pyridine rings is 1. The Morgan fingerprint density at radius 3 is 2.17 bits per heavy atom. The summed E-state index contributed by atoms with van der Waals surface area (Å²) in [5.74, 6) is 0. The van der Waals surface area contributed by atoms with Crippen LogP contribution in [0.25, 0.3) is 43.9 Å². The maximum absolute atomic E-state index is 4.90. The van der Waals surface area contributed by atoms with Crippen LogP contribution in [0.3, 0.4) is 0 Å². The Hall–Kier alpha value is -3.88. The fourth-order valence-electron chi connectivity index (χ4n) is 5.83. The average molecular weight is 480 g/mol. The van der Waals surface area contributed by atoms with Crippen LogP contribution >= 0.6 is 11.8 Å². The van der Waals surface area contributed by atoms with Gasteiger partial charge in [-0.3, -0.25) is 4.98 Å². The van der Waals surface area contributed by atoms with E-state index in [1.165, 1.54) is 59.3 Å². The Kier molecular flexibility index (Phi) is 4.80. The first-order valence-electron chi connectivity index (χ1n) is 12.4. The molecule has 0 spiro atoms. The number of hydrogen-bond acceptors (Lipinski definition) is 2. The van der Waals surface area contributed by atoms with Gasteiger partial charge in [-0.05, 0) is 56.8 Å². The predicted octanol–water partition coefficient (Wildman–Crippen LogP) is 9.51. The number of rotatable bonds is 3. The van der Waals surface area contributed by atoms with Gasteiger partial charge in [0, 0.05) is 32.4 Å². The number of nitrogens with zero attached hydrogens (tertiary/aromatic N) is 1. The fourth-order valence-corrected chi connectivity index (χ4v) is 6.94. The van der Waals surface area contributed by atoms with Crippen molar-refractivity contribution in [1.82, 2.24) is 4.98 Å². The van der Waals surface area contributed by atoms with Crippen molar-refractivity contribution in [1.29, 1.82) is 0 Å². The standard InChI is InChI=1S/C34H25NS/c1-34(2)29-17-9-8-13-24(29)25-19-18-23(21-30(25)34)36-33-27-15-7-6-14-26(27)31(22-11-4-3-5-12-22)32-28(33)16-10-20-35-32/h3-21H,1-2H3. The van der Waals surface area contributed by atoms with Crippen molar-refractivity contribution in [2.24, 2.45) is 0 Å². The van der Waals surface area contributed by atoms with Gasteiger partial charge in [-0.2, -0.15) is 0 Å². The average Bonchev–Trinajstić information content (AvgIpc) is 3.15. The molecule has 2 heteroatoms. The van der Waals surface area contributed by atoms with E-state index in [1.807, 2.05) is 18.0 Å². The zero-order valence-corrected chi connectivity index (χ0v) is 21.1. The van der Waals surface area contributed by atoms with Crippen molar-refractivity contribution in [3.05, 3.63) is 127 Å². The number of aromatic nitrogens is 1. The molecule has 5 aromatic carbocycles. The fraction of sp³-hybridized carbons (Fsp3) is 0.0882. The minimum absolute atomic E-state index is 0.00858. The van der Waals surface area contributed by atoms with Gasteiger partial charge in [-0.15, -0.1) is 0 Å². The Morgan fingerprint density at radius 2 is 1.31 bits per heavy atom. The quantitative estimate of drug-likeness (QED) is 0.234. The smallest absolute Gasteiger partial charge is 0.0798 e. The summed E-state index contributed by atoms with van der Waals surface area (Å²) in [6.45, 7) is 4.69. The molecule has 172 valence electrons. The number of hydrogen-bond donors (Lipinski definition) is 0. The van der Waals surface area contributed by atoms with Crippen LogP contribution in [0.1, 0.15) is 25.0 Å². The molecule has 0 aliphatic heterocycles. The largest absolute Gasteiger partial charge is 0.256 e. The molecule has 0 radical (unpaired) electrons. The van der Waals surface area contributed by atoms with Crippen molar-refractivity contribution >= 4 is 33.4 Å². The van der Waals surface area contributed by atoms with Crippen molar-refractivity contribution in [2.45, 2.75) is 29.1 Å². The zero-order valence-electron chi connectivity index (χ0n) is 20.3. The highest BCUT2D eigenvalue weighted by Gasteiger charge is 2.35. The van der Waals surface area contributed by atoms with Crippen LogP contribution in [-0.4, -0.2) is 4.98 Å². The molecule has 0 atom stereocenters. The Balaban J connectivity index is 1.44. The lowest BCUT2D eigenvalue weighted by Gasteiger charge is -2.22. The van der Waals surface area contributed by atoms with Crippen molar-refractivity contribution in [2.75, 3.05) is 0 Å². The highest BCUT2D eigenvalue weighted by Crippen LogP contribution is 2.51. The molecule has 7 rings (SSSR count). The van der Waals surface area contributed by atoms with Gasteiger partial charge in [-0.25, -0.2) is 0 Å². The maximum atomic E-state index is 4.90. The Bertz CT molecular complexity index is 1730. The Morgan fingerprint density at radius 1 is 0.611 bits per heavy atom. The molecule has 1 aliphatic rings. The lowest BCUT2D eigenvalue weighted by molar-refractivity contribution is 0.658. The van der Waals surface area contributed by atoms with E-state index in [0.717, 1.165) is 5.52 Å². The summed E-state index contributed by atoms with van der Waals surface area (Å²) in [6, 6.07) is 39.5. The van der Waals surface area contributed by atoms with Crippen LogP contribution in [0.4, 0.5) is 0 Å². The van der Waals surface area contributed by atoms with E-state index < -0.39 is 0 Å². The van der Waals surface area contributed by atoms with Gasteiger partial charge in [-0.1, -0.05) is 117 Å². The molecule has 0 N–H and O–H groups in total. The SMILES string of the molecule is CC1(C)c2ccccc2-c2ccc(Sc3c4ccccc4c(-c4ccccc4)c4ncccc34)cc21. The van der Waals surface area contributed by atoms with Gasteiger partial charge in [0.15, 0.2) is 0 Å². The summed E-state index contributed by atoms with van der Waals surface area (Å²) in [4.78, 5) is 7.43. The topological polar surface area (TPSA) is 12.9 Å². The summed E-state index contributed by atoms with van der Waals surface area (Å²) >= 11 is 1.86. The lowest BCUT2D eigenvalue weighted by atomic mass is 9.82. The molecule has 0 unspecified atom stereocenters. The molecular weight excluding hydrogens is 454 g/mol. The van der Waals surface area contributed by atoms with E-state index in [9.17, 15) is 0 Å². The van der Waals surface area contributed by atoms with Gasteiger partial charge in [0.25, 0.3) is 0 Å². The first-order valence-corrected chi connectivity index (χ1v) is 13.2. The number of benzene rings is 5. The second kappa shape index (κ2) is 8.08. The third-order valence-corrected chi connectivity index (χ3v) is 8.70. The first-order chi connectivity index (χ1) is 17.6. The minimum Gasteiger partial charge on any atom is -0.256 e. The normalized spacial score (nSPS) is 13.6.